The molecule has 0 saturated heterocycles. The van der Waals surface area contributed by atoms with E-state index >= 15 is 0 Å². The zero-order valence-electron chi connectivity index (χ0n) is 12.9. The fourth-order valence-corrected chi connectivity index (χ4v) is 4.44. The molecule has 0 aromatic heterocycles. The van der Waals surface area contributed by atoms with Crippen LogP contribution in [0.1, 0.15) is 50.5 Å². The van der Waals surface area contributed by atoms with Gasteiger partial charge in [-0.2, -0.15) is 0 Å². The van der Waals surface area contributed by atoms with Crippen molar-refractivity contribution in [3.63, 3.8) is 0 Å². The number of hydrogen-bond acceptors (Lipinski definition) is 2. The van der Waals surface area contributed by atoms with Crippen LogP contribution in [0.25, 0.3) is 0 Å². The molecule has 2 fully saturated rings. The summed E-state index contributed by atoms with van der Waals surface area (Å²) in [6, 6.07) is 6.52. The maximum absolute atomic E-state index is 6.32. The molecule has 3 unspecified atom stereocenters. The second kappa shape index (κ2) is 7.02. The average molecular weight is 308 g/mol. The van der Waals surface area contributed by atoms with E-state index < -0.39 is 0 Å². The lowest BCUT2D eigenvalue weighted by Gasteiger charge is -2.39. The van der Waals surface area contributed by atoms with Gasteiger partial charge in [0.1, 0.15) is 5.75 Å². The Morgan fingerprint density at radius 2 is 1.95 bits per heavy atom. The molecule has 0 spiro atoms. The van der Waals surface area contributed by atoms with Gasteiger partial charge in [-0.15, -0.1) is 0 Å². The highest BCUT2D eigenvalue weighted by Gasteiger charge is 2.31. The largest absolute Gasteiger partial charge is 0.496 e. The molecule has 2 aliphatic rings. The molecule has 3 heteroatoms. The van der Waals surface area contributed by atoms with Gasteiger partial charge in [0.25, 0.3) is 0 Å². The average Bonchev–Trinajstić information content (AvgIpc) is 2.53. The smallest absolute Gasteiger partial charge is 0.124 e. The number of benzene rings is 1. The van der Waals surface area contributed by atoms with E-state index in [0.29, 0.717) is 6.04 Å². The molecule has 1 aromatic carbocycles. The highest BCUT2D eigenvalue weighted by Crippen LogP contribution is 2.40. The van der Waals surface area contributed by atoms with Crippen LogP contribution < -0.4 is 10.1 Å². The van der Waals surface area contributed by atoms with Crippen molar-refractivity contribution in [1.82, 2.24) is 5.32 Å². The van der Waals surface area contributed by atoms with Crippen LogP contribution in [-0.4, -0.2) is 13.2 Å². The molecular formula is C18H26ClNO. The summed E-state index contributed by atoms with van der Waals surface area (Å²) in [7, 11) is 1.71. The Morgan fingerprint density at radius 1 is 1.14 bits per heavy atom. The van der Waals surface area contributed by atoms with Crippen LogP contribution in [0.4, 0.5) is 0 Å². The molecule has 0 heterocycles. The quantitative estimate of drug-likeness (QED) is 0.863. The monoisotopic (exact) mass is 307 g/mol. The van der Waals surface area contributed by atoms with Crippen molar-refractivity contribution >= 4 is 11.6 Å². The lowest BCUT2D eigenvalue weighted by molar-refractivity contribution is 0.143. The minimum atomic E-state index is 0.644. The molecule has 0 bridgehead atoms. The predicted molar refractivity (Wildman–Crippen MR) is 87.9 cm³/mol. The van der Waals surface area contributed by atoms with Gasteiger partial charge < -0.3 is 10.1 Å². The third kappa shape index (κ3) is 3.54. The number of methoxy groups -OCH3 is 1. The second-order valence-corrected chi connectivity index (χ2v) is 7.02. The van der Waals surface area contributed by atoms with E-state index in [4.69, 9.17) is 16.3 Å². The van der Waals surface area contributed by atoms with E-state index in [0.717, 1.165) is 34.7 Å². The van der Waals surface area contributed by atoms with E-state index in [1.807, 2.05) is 18.2 Å². The number of rotatable bonds is 4. The molecule has 3 rings (SSSR count). The molecule has 2 aliphatic carbocycles. The summed E-state index contributed by atoms with van der Waals surface area (Å²) in [4.78, 5) is 0. The van der Waals surface area contributed by atoms with Gasteiger partial charge in [0, 0.05) is 23.2 Å². The van der Waals surface area contributed by atoms with E-state index in [1.165, 1.54) is 44.9 Å². The first kappa shape index (κ1) is 15.2. The van der Waals surface area contributed by atoms with E-state index in [2.05, 4.69) is 5.32 Å². The molecule has 0 aliphatic heterocycles. The zero-order chi connectivity index (χ0) is 14.7. The SMILES string of the molecule is COc1cccc(Cl)c1CNC1CCC2CCCCC2C1. The van der Waals surface area contributed by atoms with Crippen molar-refractivity contribution in [2.45, 2.75) is 57.5 Å². The molecule has 2 nitrogen and oxygen atoms in total. The first-order chi connectivity index (χ1) is 10.3. The summed E-state index contributed by atoms with van der Waals surface area (Å²) >= 11 is 6.32. The molecule has 2 saturated carbocycles. The highest BCUT2D eigenvalue weighted by molar-refractivity contribution is 6.31. The molecule has 116 valence electrons. The molecule has 21 heavy (non-hydrogen) atoms. The van der Waals surface area contributed by atoms with Gasteiger partial charge in [0.2, 0.25) is 0 Å². The number of fused-ring (bicyclic) bond motifs is 1. The van der Waals surface area contributed by atoms with Crippen LogP contribution in [0, 0.1) is 11.8 Å². The van der Waals surface area contributed by atoms with Crippen LogP contribution in [0.2, 0.25) is 5.02 Å². The molecular weight excluding hydrogens is 282 g/mol. The molecule has 0 amide bonds. The van der Waals surface area contributed by atoms with E-state index in [9.17, 15) is 0 Å². The van der Waals surface area contributed by atoms with Crippen molar-refractivity contribution in [3.8, 4) is 5.75 Å². The topological polar surface area (TPSA) is 21.3 Å². The molecule has 0 radical (unpaired) electrons. The number of ether oxygens (including phenoxy) is 1. The normalized spacial score (nSPS) is 29.0. The van der Waals surface area contributed by atoms with Crippen molar-refractivity contribution in [3.05, 3.63) is 28.8 Å². The zero-order valence-corrected chi connectivity index (χ0v) is 13.7. The van der Waals surface area contributed by atoms with Crippen molar-refractivity contribution in [2.75, 3.05) is 7.11 Å². The van der Waals surface area contributed by atoms with E-state index in [1.54, 1.807) is 7.11 Å². The minimum absolute atomic E-state index is 0.644. The van der Waals surface area contributed by atoms with E-state index in [-0.39, 0.29) is 0 Å². The van der Waals surface area contributed by atoms with Gasteiger partial charge in [0.05, 0.1) is 7.11 Å². The lowest BCUT2D eigenvalue weighted by atomic mass is 9.69. The summed E-state index contributed by atoms with van der Waals surface area (Å²) in [5.41, 5.74) is 1.09. The van der Waals surface area contributed by atoms with Crippen molar-refractivity contribution in [2.24, 2.45) is 11.8 Å². The number of halogens is 1. The fraction of sp³-hybridized carbons (Fsp3) is 0.667. The molecule has 1 N–H and O–H groups in total. The predicted octanol–water partition coefficient (Wildman–Crippen LogP) is 4.80. The summed E-state index contributed by atoms with van der Waals surface area (Å²) in [5.74, 6) is 2.85. The fourth-order valence-electron chi connectivity index (χ4n) is 4.21. The second-order valence-electron chi connectivity index (χ2n) is 6.62. The molecule has 1 aromatic rings. The van der Waals surface area contributed by atoms with Crippen LogP contribution in [0.3, 0.4) is 0 Å². The van der Waals surface area contributed by atoms with Crippen LogP contribution in [-0.2, 0) is 6.54 Å². The Balaban J connectivity index is 1.58. The van der Waals surface area contributed by atoms with Crippen LogP contribution >= 0.6 is 11.6 Å². The third-order valence-electron chi connectivity index (χ3n) is 5.40. The summed E-state index contributed by atoms with van der Waals surface area (Å²) in [6.07, 6.45) is 9.86. The van der Waals surface area contributed by atoms with Crippen LogP contribution in [0.15, 0.2) is 18.2 Å². The van der Waals surface area contributed by atoms with Gasteiger partial charge in [-0.3, -0.25) is 0 Å². The Morgan fingerprint density at radius 3 is 2.76 bits per heavy atom. The van der Waals surface area contributed by atoms with Gasteiger partial charge >= 0.3 is 0 Å². The van der Waals surface area contributed by atoms with Gasteiger partial charge in [0.15, 0.2) is 0 Å². The summed E-state index contributed by atoms with van der Waals surface area (Å²) < 4.78 is 5.43. The standard InChI is InChI=1S/C18H26ClNO/c1-21-18-8-4-7-17(19)16(18)12-20-15-10-9-13-5-2-3-6-14(13)11-15/h4,7-8,13-15,20H,2-3,5-6,9-12H2,1H3. The first-order valence-corrected chi connectivity index (χ1v) is 8.70. The number of hydrogen-bond donors (Lipinski definition) is 1. The van der Waals surface area contributed by atoms with Gasteiger partial charge in [-0.25, -0.2) is 0 Å². The molecule has 3 atom stereocenters. The Hall–Kier alpha value is -0.730. The maximum atomic E-state index is 6.32. The van der Waals surface area contributed by atoms with Crippen molar-refractivity contribution in [1.29, 1.82) is 0 Å². The maximum Gasteiger partial charge on any atom is 0.124 e. The number of nitrogens with one attached hydrogen (secondary N) is 1. The highest BCUT2D eigenvalue weighted by atomic mass is 35.5. The Bertz CT molecular complexity index is 476. The van der Waals surface area contributed by atoms with Crippen molar-refractivity contribution < 1.29 is 4.74 Å². The summed E-state index contributed by atoms with van der Waals surface area (Å²) in [6.45, 7) is 0.810. The third-order valence-corrected chi connectivity index (χ3v) is 5.76. The lowest BCUT2D eigenvalue weighted by Crippen LogP contribution is -2.38. The van der Waals surface area contributed by atoms with Gasteiger partial charge in [-0.1, -0.05) is 43.4 Å². The first-order valence-electron chi connectivity index (χ1n) is 8.32. The Kier molecular flexibility index (Phi) is 5.07. The van der Waals surface area contributed by atoms with Gasteiger partial charge in [-0.05, 0) is 43.2 Å². The summed E-state index contributed by atoms with van der Waals surface area (Å²) in [5, 5.41) is 4.52. The van der Waals surface area contributed by atoms with Crippen LogP contribution in [0.5, 0.6) is 5.75 Å². The minimum Gasteiger partial charge on any atom is -0.496 e. The Labute approximate surface area is 133 Å².